The van der Waals surface area contributed by atoms with Gasteiger partial charge in [-0.25, -0.2) is 0 Å². The highest BCUT2D eigenvalue weighted by Gasteiger charge is 1.99. The molecule has 0 atom stereocenters. The molecule has 11 heavy (non-hydrogen) atoms. The minimum Gasteiger partial charge on any atom is -0.298 e. The van der Waals surface area contributed by atoms with Crippen molar-refractivity contribution >= 4 is 29.5 Å². The quantitative estimate of drug-likeness (QED) is 0.516. The van der Waals surface area contributed by atoms with Crippen LogP contribution in [0.15, 0.2) is 18.2 Å². The molecule has 3 heteroatoms. The predicted molar refractivity (Wildman–Crippen MR) is 46.4 cm³/mol. The number of carbonyl (C=O) groups excluding carboxylic acids is 1. The van der Waals surface area contributed by atoms with Gasteiger partial charge < -0.3 is 0 Å². The van der Waals surface area contributed by atoms with E-state index in [1.165, 1.54) is 0 Å². The summed E-state index contributed by atoms with van der Waals surface area (Å²) in [5.74, 6) is 0.339. The summed E-state index contributed by atoms with van der Waals surface area (Å²) in [4.78, 5) is 10.4. The molecule has 0 saturated carbocycles. The fourth-order valence-corrected chi connectivity index (χ4v) is 1.22. The van der Waals surface area contributed by atoms with Crippen LogP contribution in [-0.2, 0) is 5.88 Å². The molecule has 0 radical (unpaired) electrons. The summed E-state index contributed by atoms with van der Waals surface area (Å²) in [6, 6.07) is 5.07. The zero-order valence-electron chi connectivity index (χ0n) is 5.68. The molecule has 0 aromatic heterocycles. The summed E-state index contributed by atoms with van der Waals surface area (Å²) in [7, 11) is 0. The lowest BCUT2D eigenvalue weighted by atomic mass is 10.1. The van der Waals surface area contributed by atoms with Gasteiger partial charge in [-0.05, 0) is 17.7 Å². The summed E-state index contributed by atoms with van der Waals surface area (Å²) in [6.45, 7) is 0. The van der Waals surface area contributed by atoms with E-state index in [1.807, 2.05) is 0 Å². The normalized spacial score (nSPS) is 9.64. The molecule has 0 saturated heterocycles. The molecular formula is C8H6Cl2O. The van der Waals surface area contributed by atoms with Gasteiger partial charge in [0.1, 0.15) is 6.29 Å². The largest absolute Gasteiger partial charge is 0.298 e. The molecule has 0 fully saturated rings. The fraction of sp³-hybridized carbons (Fsp3) is 0.125. The van der Waals surface area contributed by atoms with E-state index in [0.29, 0.717) is 16.5 Å². The minimum absolute atomic E-state index is 0.339. The number of aldehydes is 1. The van der Waals surface area contributed by atoms with E-state index in [0.717, 1.165) is 11.8 Å². The zero-order chi connectivity index (χ0) is 8.27. The number of benzene rings is 1. The minimum atomic E-state index is 0.339. The van der Waals surface area contributed by atoms with Gasteiger partial charge in [-0.2, -0.15) is 0 Å². The van der Waals surface area contributed by atoms with E-state index < -0.39 is 0 Å². The Morgan fingerprint density at radius 3 is 2.73 bits per heavy atom. The standard InChI is InChI=1S/C8H6Cl2O/c9-4-6-1-2-8(10)3-7(6)5-11/h1-3,5H,4H2. The van der Waals surface area contributed by atoms with Gasteiger partial charge in [0.05, 0.1) is 0 Å². The van der Waals surface area contributed by atoms with Crippen molar-refractivity contribution in [3.05, 3.63) is 34.3 Å². The third kappa shape index (κ3) is 1.95. The number of halogens is 2. The van der Waals surface area contributed by atoms with Gasteiger partial charge in [0.15, 0.2) is 0 Å². The Morgan fingerprint density at radius 2 is 2.18 bits per heavy atom. The molecule has 0 unspecified atom stereocenters. The van der Waals surface area contributed by atoms with Crippen molar-refractivity contribution in [1.82, 2.24) is 0 Å². The molecule has 0 heterocycles. The van der Waals surface area contributed by atoms with Crippen LogP contribution in [0.3, 0.4) is 0 Å². The molecular weight excluding hydrogens is 183 g/mol. The second-order valence-corrected chi connectivity index (χ2v) is 2.80. The summed E-state index contributed by atoms with van der Waals surface area (Å²) >= 11 is 11.2. The van der Waals surface area contributed by atoms with E-state index in [2.05, 4.69) is 0 Å². The van der Waals surface area contributed by atoms with Crippen LogP contribution in [0.2, 0.25) is 5.02 Å². The van der Waals surface area contributed by atoms with Crippen molar-refractivity contribution in [3.8, 4) is 0 Å². The molecule has 0 aliphatic carbocycles. The first-order valence-electron chi connectivity index (χ1n) is 3.07. The van der Waals surface area contributed by atoms with Gasteiger partial charge in [-0.1, -0.05) is 17.7 Å². The molecule has 0 bridgehead atoms. The monoisotopic (exact) mass is 188 g/mol. The molecule has 1 aromatic rings. The average Bonchev–Trinajstić information content (AvgIpc) is 2.04. The molecule has 1 rings (SSSR count). The topological polar surface area (TPSA) is 17.1 Å². The van der Waals surface area contributed by atoms with Crippen molar-refractivity contribution in [1.29, 1.82) is 0 Å². The van der Waals surface area contributed by atoms with E-state index in [1.54, 1.807) is 18.2 Å². The van der Waals surface area contributed by atoms with Crippen molar-refractivity contribution in [3.63, 3.8) is 0 Å². The first-order valence-corrected chi connectivity index (χ1v) is 3.98. The zero-order valence-corrected chi connectivity index (χ0v) is 7.19. The molecule has 0 N–H and O–H groups in total. The predicted octanol–water partition coefficient (Wildman–Crippen LogP) is 2.89. The highest BCUT2D eigenvalue weighted by Crippen LogP contribution is 2.15. The number of hydrogen-bond acceptors (Lipinski definition) is 1. The summed E-state index contributed by atoms with van der Waals surface area (Å²) in [5, 5.41) is 0.556. The van der Waals surface area contributed by atoms with E-state index in [4.69, 9.17) is 23.2 Å². The van der Waals surface area contributed by atoms with Crippen LogP contribution < -0.4 is 0 Å². The molecule has 0 spiro atoms. The van der Waals surface area contributed by atoms with Gasteiger partial charge >= 0.3 is 0 Å². The SMILES string of the molecule is O=Cc1cc(Cl)ccc1CCl. The summed E-state index contributed by atoms with van der Waals surface area (Å²) in [5.41, 5.74) is 1.37. The highest BCUT2D eigenvalue weighted by molar-refractivity contribution is 6.30. The van der Waals surface area contributed by atoms with Gasteiger partial charge in [-0.3, -0.25) is 4.79 Å². The van der Waals surface area contributed by atoms with Gasteiger partial charge in [0, 0.05) is 16.5 Å². The number of rotatable bonds is 2. The lowest BCUT2D eigenvalue weighted by molar-refractivity contribution is 0.112. The van der Waals surface area contributed by atoms with Gasteiger partial charge in [-0.15, -0.1) is 11.6 Å². The van der Waals surface area contributed by atoms with Crippen LogP contribution in [0.25, 0.3) is 0 Å². The summed E-state index contributed by atoms with van der Waals surface area (Å²) < 4.78 is 0. The Morgan fingerprint density at radius 1 is 1.45 bits per heavy atom. The van der Waals surface area contributed by atoms with Crippen LogP contribution in [0, 0.1) is 0 Å². The first kappa shape index (κ1) is 8.57. The lowest BCUT2D eigenvalue weighted by Crippen LogP contribution is -1.87. The van der Waals surface area contributed by atoms with Crippen molar-refractivity contribution in [2.75, 3.05) is 0 Å². The van der Waals surface area contributed by atoms with E-state index >= 15 is 0 Å². The number of alkyl halides is 1. The van der Waals surface area contributed by atoms with Crippen molar-refractivity contribution in [2.24, 2.45) is 0 Å². The Bertz CT molecular complexity index is 271. The fourth-order valence-electron chi connectivity index (χ4n) is 0.797. The molecule has 0 aliphatic heterocycles. The van der Waals surface area contributed by atoms with Gasteiger partial charge in [0.25, 0.3) is 0 Å². The molecule has 1 nitrogen and oxygen atoms in total. The Hall–Kier alpha value is -0.530. The van der Waals surface area contributed by atoms with Crippen LogP contribution in [0.4, 0.5) is 0 Å². The Kier molecular flexibility index (Phi) is 2.92. The number of hydrogen-bond donors (Lipinski definition) is 0. The summed E-state index contributed by atoms with van der Waals surface area (Å²) in [6.07, 6.45) is 0.754. The molecule has 0 aliphatic rings. The second kappa shape index (κ2) is 3.74. The lowest BCUT2D eigenvalue weighted by Gasteiger charge is -1.99. The maximum absolute atomic E-state index is 10.4. The second-order valence-electron chi connectivity index (χ2n) is 2.09. The Labute approximate surface area is 74.9 Å². The van der Waals surface area contributed by atoms with Crippen molar-refractivity contribution in [2.45, 2.75) is 5.88 Å². The van der Waals surface area contributed by atoms with Crippen LogP contribution >= 0.6 is 23.2 Å². The molecule has 0 amide bonds. The number of carbonyl (C=O) groups is 1. The van der Waals surface area contributed by atoms with Crippen molar-refractivity contribution < 1.29 is 4.79 Å². The smallest absolute Gasteiger partial charge is 0.150 e. The van der Waals surface area contributed by atoms with E-state index in [9.17, 15) is 4.79 Å². The maximum atomic E-state index is 10.4. The van der Waals surface area contributed by atoms with Gasteiger partial charge in [0.2, 0.25) is 0 Å². The maximum Gasteiger partial charge on any atom is 0.150 e. The van der Waals surface area contributed by atoms with E-state index in [-0.39, 0.29) is 0 Å². The third-order valence-corrected chi connectivity index (χ3v) is 1.90. The Balaban J connectivity index is 3.16. The third-order valence-electron chi connectivity index (χ3n) is 1.38. The highest BCUT2D eigenvalue weighted by atomic mass is 35.5. The van der Waals surface area contributed by atoms with Crippen LogP contribution in [0.1, 0.15) is 15.9 Å². The first-order chi connectivity index (χ1) is 5.27. The van der Waals surface area contributed by atoms with Crippen LogP contribution in [0.5, 0.6) is 0 Å². The molecule has 58 valence electrons. The average molecular weight is 189 g/mol. The van der Waals surface area contributed by atoms with Crippen LogP contribution in [-0.4, -0.2) is 6.29 Å². The molecule has 1 aromatic carbocycles.